The molecular formula is C52H52N10O5. The number of pyridine rings is 2. The molecule has 0 spiro atoms. The molecule has 1 atom stereocenters. The third-order valence-corrected chi connectivity index (χ3v) is 11.4. The van der Waals surface area contributed by atoms with Gasteiger partial charge in [0.2, 0.25) is 11.6 Å². The van der Waals surface area contributed by atoms with Crippen molar-refractivity contribution in [3.63, 3.8) is 0 Å². The van der Waals surface area contributed by atoms with Crippen LogP contribution in [0, 0.1) is 6.92 Å². The first-order valence-electron chi connectivity index (χ1n) is 22.2. The first-order valence-corrected chi connectivity index (χ1v) is 22.2. The highest BCUT2D eigenvalue weighted by atomic mass is 16.5. The van der Waals surface area contributed by atoms with Crippen LogP contribution in [0.25, 0.3) is 22.3 Å². The van der Waals surface area contributed by atoms with Crippen molar-refractivity contribution in [2.24, 2.45) is 0 Å². The van der Waals surface area contributed by atoms with Crippen molar-refractivity contribution in [3.8, 4) is 22.3 Å². The molecule has 15 heteroatoms. The summed E-state index contributed by atoms with van der Waals surface area (Å²) in [6.07, 6.45) is 6.76. The number of nitrogens with zero attached hydrogens (tertiary/aromatic N) is 6. The van der Waals surface area contributed by atoms with E-state index in [9.17, 15) is 19.8 Å². The second-order valence-corrected chi connectivity index (χ2v) is 16.4. The van der Waals surface area contributed by atoms with E-state index in [1.54, 1.807) is 25.6 Å². The van der Waals surface area contributed by atoms with Gasteiger partial charge in [-0.1, -0.05) is 84.9 Å². The van der Waals surface area contributed by atoms with E-state index in [1.165, 1.54) is 0 Å². The fourth-order valence-electron chi connectivity index (χ4n) is 7.92. The van der Waals surface area contributed by atoms with Gasteiger partial charge in [-0.25, -0.2) is 9.97 Å². The summed E-state index contributed by atoms with van der Waals surface area (Å²) in [5.74, 6) is 1.02. The van der Waals surface area contributed by atoms with Crippen molar-refractivity contribution in [2.75, 3.05) is 31.0 Å². The van der Waals surface area contributed by atoms with Gasteiger partial charge in [-0.2, -0.15) is 0 Å². The fraction of sp³-hybridized carbons (Fsp3) is 0.231. The van der Waals surface area contributed by atoms with Gasteiger partial charge in [-0.3, -0.25) is 9.59 Å². The summed E-state index contributed by atoms with van der Waals surface area (Å²) in [6, 6.07) is 37.6. The molecule has 0 aliphatic carbocycles. The Bertz CT molecular complexity index is 2950. The number of carbonyl (C=O) groups excluding carboxylic acids is 2. The van der Waals surface area contributed by atoms with Gasteiger partial charge in [0.1, 0.15) is 23.3 Å². The highest BCUT2D eigenvalue weighted by molar-refractivity contribution is 6.01. The maximum atomic E-state index is 13.3. The summed E-state index contributed by atoms with van der Waals surface area (Å²) in [7, 11) is 1.64. The standard InChI is InChI=1S/C52H52N10O5/c1-33-15-16-35(13-7-23-63)27-42(33)39-19-21-53-45(31-39)57-52(66)50-56-48(60-62-50)29-37-12-6-11-36(25-37)26-38-17-18-41(44(64)14-8-24-67-2)30-43(38)40-20-22-54-46(32-40)58-51(65)49-55-47(59-61-49)28-34-9-4-3-5-10-34/h3-6,9-12,15-22,25,27,30-32,44,63-64H,7-8,13-14,23-24,26,28-29H2,1-2H3,(H,53,57,66)(H,54,58,65)(H,55,59,61)(H,56,60,62). The Hall–Kier alpha value is -7.72. The molecule has 2 amide bonds. The zero-order chi connectivity index (χ0) is 46.5. The SMILES string of the molecule is COCCCC(O)c1ccc(Cc2cccc(Cc3nnc(C(=O)Nc4cc(-c5cc(CCCO)ccc5C)ccn4)[nH]3)c2)c(-c2ccnc(NC(=O)c3nnc(Cc4ccccc4)[nH]3)c2)c1. The Morgan fingerprint density at radius 2 is 1.27 bits per heavy atom. The van der Waals surface area contributed by atoms with E-state index >= 15 is 0 Å². The predicted octanol–water partition coefficient (Wildman–Crippen LogP) is 8.02. The first-order chi connectivity index (χ1) is 32.7. The van der Waals surface area contributed by atoms with Crippen LogP contribution in [0.1, 0.15) is 97.2 Å². The van der Waals surface area contributed by atoms with Crippen LogP contribution in [0.4, 0.5) is 11.6 Å². The molecule has 6 N–H and O–H groups in total. The second-order valence-electron chi connectivity index (χ2n) is 16.4. The molecule has 0 fully saturated rings. The minimum atomic E-state index is -0.700. The summed E-state index contributed by atoms with van der Waals surface area (Å²) in [6.45, 7) is 2.72. The maximum absolute atomic E-state index is 13.3. The van der Waals surface area contributed by atoms with E-state index in [2.05, 4.69) is 81.3 Å². The number of hydrogen-bond donors (Lipinski definition) is 6. The molecule has 340 valence electrons. The zero-order valence-corrected chi connectivity index (χ0v) is 37.4. The number of aromatic amines is 2. The third kappa shape index (κ3) is 12.1. The normalized spacial score (nSPS) is 11.6. The fourth-order valence-corrected chi connectivity index (χ4v) is 7.92. The third-order valence-electron chi connectivity index (χ3n) is 11.4. The van der Waals surface area contributed by atoms with Crippen LogP contribution >= 0.6 is 0 Å². The lowest BCUT2D eigenvalue weighted by Gasteiger charge is -2.17. The van der Waals surface area contributed by atoms with E-state index in [1.807, 2.05) is 85.8 Å². The van der Waals surface area contributed by atoms with E-state index in [4.69, 9.17) is 4.74 Å². The number of rotatable bonds is 20. The van der Waals surface area contributed by atoms with Crippen LogP contribution < -0.4 is 10.6 Å². The molecule has 4 aromatic heterocycles. The summed E-state index contributed by atoms with van der Waals surface area (Å²) in [5, 5.41) is 42.9. The number of anilines is 2. The molecule has 67 heavy (non-hydrogen) atoms. The van der Waals surface area contributed by atoms with Crippen molar-refractivity contribution in [1.29, 1.82) is 0 Å². The monoisotopic (exact) mass is 896 g/mol. The lowest BCUT2D eigenvalue weighted by Crippen LogP contribution is -2.15. The zero-order valence-electron chi connectivity index (χ0n) is 37.4. The van der Waals surface area contributed by atoms with Gasteiger partial charge in [0.25, 0.3) is 11.8 Å². The molecule has 4 heterocycles. The van der Waals surface area contributed by atoms with Crippen LogP contribution in [0.3, 0.4) is 0 Å². The van der Waals surface area contributed by atoms with Gasteiger partial charge in [-0.05, 0) is 131 Å². The van der Waals surface area contributed by atoms with Gasteiger partial charge < -0.3 is 35.6 Å². The number of H-pyrrole nitrogens is 2. The van der Waals surface area contributed by atoms with Crippen LogP contribution in [0.15, 0.2) is 128 Å². The number of aromatic nitrogens is 8. The average Bonchev–Trinajstić information content (AvgIpc) is 4.02. The van der Waals surface area contributed by atoms with E-state index in [0.29, 0.717) is 68.4 Å². The minimum absolute atomic E-state index is 0.0659. The number of amides is 2. The van der Waals surface area contributed by atoms with Crippen molar-refractivity contribution >= 4 is 23.5 Å². The Morgan fingerprint density at radius 1 is 0.642 bits per heavy atom. The number of methoxy groups -OCH3 is 1. The minimum Gasteiger partial charge on any atom is -0.396 e. The molecule has 0 radical (unpaired) electrons. The summed E-state index contributed by atoms with van der Waals surface area (Å²) < 4.78 is 5.22. The molecule has 15 nitrogen and oxygen atoms in total. The number of benzene rings is 4. The van der Waals surface area contributed by atoms with Crippen molar-refractivity contribution in [1.82, 2.24) is 40.3 Å². The van der Waals surface area contributed by atoms with Gasteiger partial charge in [-0.15, -0.1) is 20.4 Å². The van der Waals surface area contributed by atoms with Crippen LogP contribution in [0.5, 0.6) is 0 Å². The Balaban J connectivity index is 0.963. The van der Waals surface area contributed by atoms with Gasteiger partial charge in [0, 0.05) is 45.6 Å². The number of hydrogen-bond acceptors (Lipinski definition) is 11. The number of carbonyl (C=O) groups is 2. The molecule has 8 aromatic rings. The molecule has 4 aromatic carbocycles. The predicted molar refractivity (Wildman–Crippen MR) is 256 cm³/mol. The molecule has 8 rings (SSSR count). The molecule has 0 saturated heterocycles. The van der Waals surface area contributed by atoms with E-state index in [0.717, 1.165) is 67.6 Å². The number of aryl methyl sites for hydroxylation is 2. The van der Waals surface area contributed by atoms with E-state index in [-0.39, 0.29) is 18.3 Å². The van der Waals surface area contributed by atoms with Crippen LogP contribution in [-0.2, 0) is 30.4 Å². The summed E-state index contributed by atoms with van der Waals surface area (Å²) >= 11 is 0. The topological polar surface area (TPSA) is 217 Å². The summed E-state index contributed by atoms with van der Waals surface area (Å²) in [5.41, 5.74) is 10.6. The maximum Gasteiger partial charge on any atom is 0.294 e. The van der Waals surface area contributed by atoms with Crippen molar-refractivity contribution in [2.45, 2.75) is 58.0 Å². The molecule has 0 saturated carbocycles. The smallest absolute Gasteiger partial charge is 0.294 e. The van der Waals surface area contributed by atoms with E-state index < -0.39 is 17.9 Å². The van der Waals surface area contributed by atoms with Gasteiger partial charge in [0.15, 0.2) is 0 Å². The van der Waals surface area contributed by atoms with Gasteiger partial charge >= 0.3 is 0 Å². The van der Waals surface area contributed by atoms with Crippen LogP contribution in [-0.4, -0.2) is 82.7 Å². The average molecular weight is 897 g/mol. The van der Waals surface area contributed by atoms with Crippen LogP contribution in [0.2, 0.25) is 0 Å². The largest absolute Gasteiger partial charge is 0.396 e. The Kier molecular flexibility index (Phi) is 15.0. The van der Waals surface area contributed by atoms with Crippen molar-refractivity contribution in [3.05, 3.63) is 190 Å². The quantitative estimate of drug-likeness (QED) is 0.0403. The molecular weight excluding hydrogens is 845 g/mol. The molecule has 0 bridgehead atoms. The molecule has 0 aliphatic rings. The lowest BCUT2D eigenvalue weighted by molar-refractivity contribution is 0.100. The number of ether oxygens (including phenoxy) is 1. The Morgan fingerprint density at radius 3 is 1.93 bits per heavy atom. The lowest BCUT2D eigenvalue weighted by atomic mass is 9.91. The van der Waals surface area contributed by atoms with Crippen molar-refractivity contribution < 1.29 is 24.5 Å². The molecule has 0 aliphatic heterocycles. The number of aliphatic hydroxyl groups excluding tert-OH is 2. The highest BCUT2D eigenvalue weighted by Gasteiger charge is 2.18. The number of nitrogens with one attached hydrogen (secondary N) is 4. The molecule has 1 unspecified atom stereocenters. The Labute approximate surface area is 388 Å². The number of aliphatic hydroxyl groups is 2. The van der Waals surface area contributed by atoms with Gasteiger partial charge in [0.05, 0.1) is 6.10 Å². The first kappa shape index (κ1) is 45.8. The highest BCUT2D eigenvalue weighted by Crippen LogP contribution is 2.32. The second kappa shape index (κ2) is 22.0. The summed E-state index contributed by atoms with van der Waals surface area (Å²) in [4.78, 5) is 41.6.